The van der Waals surface area contributed by atoms with Crippen LogP contribution in [0, 0.1) is 0 Å². The van der Waals surface area contributed by atoms with E-state index in [4.69, 9.17) is 4.74 Å². The normalized spacial score (nSPS) is 23.3. The number of rotatable bonds is 7. The second kappa shape index (κ2) is 7.00. The molecular weight excluding hydrogens is 296 g/mol. The summed E-state index contributed by atoms with van der Waals surface area (Å²) in [6.45, 7) is 6.28. The van der Waals surface area contributed by atoms with Gasteiger partial charge in [-0.15, -0.1) is 11.3 Å². The highest BCUT2D eigenvalue weighted by molar-refractivity contribution is 7.91. The summed E-state index contributed by atoms with van der Waals surface area (Å²) < 4.78 is 33.1. The molecular formula is C13H22N2O3S2. The van der Waals surface area contributed by atoms with E-state index in [1.165, 1.54) is 11.3 Å². The monoisotopic (exact) mass is 318 g/mol. The molecule has 0 spiro atoms. The van der Waals surface area contributed by atoms with Gasteiger partial charge < -0.3 is 10.1 Å². The maximum atomic E-state index is 12.3. The van der Waals surface area contributed by atoms with Crippen LogP contribution < -0.4 is 10.0 Å². The van der Waals surface area contributed by atoms with E-state index in [1.807, 2.05) is 13.0 Å². The predicted molar refractivity (Wildman–Crippen MR) is 80.5 cm³/mol. The Labute approximate surface area is 124 Å². The second-order valence-electron chi connectivity index (χ2n) is 4.99. The van der Waals surface area contributed by atoms with Crippen LogP contribution >= 0.6 is 11.3 Å². The molecule has 5 nitrogen and oxygen atoms in total. The predicted octanol–water partition coefficient (Wildman–Crippen LogP) is 1.70. The minimum atomic E-state index is -3.43. The summed E-state index contributed by atoms with van der Waals surface area (Å²) in [7, 11) is -3.43. The number of thiophene rings is 1. The lowest BCUT2D eigenvalue weighted by molar-refractivity contribution is 0.117. The number of hydrogen-bond acceptors (Lipinski definition) is 5. The summed E-state index contributed by atoms with van der Waals surface area (Å²) in [4.78, 5) is 1.04. The van der Waals surface area contributed by atoms with Gasteiger partial charge in [0.1, 0.15) is 4.21 Å². The van der Waals surface area contributed by atoms with Crippen molar-refractivity contribution in [1.82, 2.24) is 10.0 Å². The zero-order valence-corrected chi connectivity index (χ0v) is 13.5. The highest BCUT2D eigenvalue weighted by Gasteiger charge is 2.29. The molecule has 2 N–H and O–H groups in total. The van der Waals surface area contributed by atoms with Crippen LogP contribution in [-0.2, 0) is 21.3 Å². The van der Waals surface area contributed by atoms with Crippen molar-refractivity contribution in [3.63, 3.8) is 0 Å². The zero-order chi connectivity index (χ0) is 14.6. The van der Waals surface area contributed by atoms with Gasteiger partial charge in [0.2, 0.25) is 10.0 Å². The molecule has 0 bridgehead atoms. The standard InChI is InChI=1S/C13H22N2O3S2/c1-3-7-14-9-11-4-5-13(19-11)20(16,17)15-12-6-8-18-10(12)2/h4-5,10,12,14-15H,3,6-9H2,1-2H3. The topological polar surface area (TPSA) is 67.4 Å². The summed E-state index contributed by atoms with van der Waals surface area (Å²) in [6.07, 6.45) is 1.74. The Morgan fingerprint density at radius 2 is 2.25 bits per heavy atom. The third-order valence-electron chi connectivity index (χ3n) is 3.31. The fourth-order valence-corrected chi connectivity index (χ4v) is 4.81. The van der Waals surface area contributed by atoms with Crippen molar-refractivity contribution in [2.24, 2.45) is 0 Å². The molecule has 1 fully saturated rings. The minimum Gasteiger partial charge on any atom is -0.377 e. The third kappa shape index (κ3) is 4.02. The molecule has 2 atom stereocenters. The van der Waals surface area contributed by atoms with E-state index >= 15 is 0 Å². The van der Waals surface area contributed by atoms with Crippen LogP contribution in [0.25, 0.3) is 0 Å². The smallest absolute Gasteiger partial charge is 0.250 e. The van der Waals surface area contributed by atoms with E-state index in [-0.39, 0.29) is 12.1 Å². The first kappa shape index (κ1) is 15.9. The van der Waals surface area contributed by atoms with E-state index < -0.39 is 10.0 Å². The zero-order valence-electron chi connectivity index (χ0n) is 11.9. The van der Waals surface area contributed by atoms with Gasteiger partial charge in [0.05, 0.1) is 12.1 Å². The summed E-state index contributed by atoms with van der Waals surface area (Å²) >= 11 is 1.32. The molecule has 1 aliphatic rings. The van der Waals surface area contributed by atoms with Crippen molar-refractivity contribution >= 4 is 21.4 Å². The SMILES string of the molecule is CCCNCc1ccc(S(=O)(=O)NC2CCOC2C)s1. The quantitative estimate of drug-likeness (QED) is 0.751. The van der Waals surface area contributed by atoms with E-state index in [0.717, 1.165) is 30.8 Å². The molecule has 7 heteroatoms. The lowest BCUT2D eigenvalue weighted by Gasteiger charge is -2.15. The van der Waals surface area contributed by atoms with Crippen LogP contribution in [0.1, 0.15) is 31.6 Å². The summed E-state index contributed by atoms with van der Waals surface area (Å²) in [6, 6.07) is 3.43. The Hall–Kier alpha value is -0.470. The van der Waals surface area contributed by atoms with E-state index in [0.29, 0.717) is 10.8 Å². The fourth-order valence-electron chi connectivity index (χ4n) is 2.13. The van der Waals surface area contributed by atoms with Gasteiger partial charge >= 0.3 is 0 Å². The van der Waals surface area contributed by atoms with Crippen LogP contribution in [-0.4, -0.2) is 33.7 Å². The molecule has 1 aromatic heterocycles. The second-order valence-corrected chi connectivity index (χ2v) is 8.10. The Morgan fingerprint density at radius 1 is 1.45 bits per heavy atom. The average molecular weight is 318 g/mol. The molecule has 2 rings (SSSR count). The molecule has 20 heavy (non-hydrogen) atoms. The van der Waals surface area contributed by atoms with Gasteiger partial charge in [-0.3, -0.25) is 0 Å². The number of ether oxygens (including phenoxy) is 1. The van der Waals surface area contributed by atoms with Crippen LogP contribution in [0.5, 0.6) is 0 Å². The summed E-state index contributed by atoms with van der Waals surface area (Å²) in [5, 5.41) is 3.27. The van der Waals surface area contributed by atoms with Gasteiger partial charge in [-0.25, -0.2) is 13.1 Å². The first-order valence-electron chi connectivity index (χ1n) is 6.96. The lowest BCUT2D eigenvalue weighted by atomic mass is 10.2. The third-order valence-corrected chi connectivity index (χ3v) is 6.38. The molecule has 1 aliphatic heterocycles. The first-order chi connectivity index (χ1) is 9.53. The average Bonchev–Trinajstić information content (AvgIpc) is 3.00. The number of nitrogens with one attached hydrogen (secondary N) is 2. The van der Waals surface area contributed by atoms with Crippen LogP contribution in [0.3, 0.4) is 0 Å². The highest BCUT2D eigenvalue weighted by atomic mass is 32.2. The van der Waals surface area contributed by atoms with Crippen LogP contribution in [0.4, 0.5) is 0 Å². The maximum absolute atomic E-state index is 12.3. The molecule has 0 radical (unpaired) electrons. The van der Waals surface area contributed by atoms with Crippen molar-refractivity contribution in [2.75, 3.05) is 13.2 Å². The van der Waals surface area contributed by atoms with Gasteiger partial charge in [0.15, 0.2) is 0 Å². The molecule has 0 amide bonds. The van der Waals surface area contributed by atoms with E-state index in [1.54, 1.807) is 6.07 Å². The van der Waals surface area contributed by atoms with Gasteiger partial charge in [-0.1, -0.05) is 6.92 Å². The maximum Gasteiger partial charge on any atom is 0.250 e. The molecule has 0 saturated carbocycles. The van der Waals surface area contributed by atoms with E-state index in [9.17, 15) is 8.42 Å². The van der Waals surface area contributed by atoms with Gasteiger partial charge in [0.25, 0.3) is 0 Å². The minimum absolute atomic E-state index is 0.0598. The Morgan fingerprint density at radius 3 is 2.90 bits per heavy atom. The van der Waals surface area contributed by atoms with Gasteiger partial charge in [-0.05, 0) is 38.4 Å². The summed E-state index contributed by atoms with van der Waals surface area (Å²) in [5.41, 5.74) is 0. The molecule has 1 aromatic rings. The van der Waals surface area contributed by atoms with Crippen molar-refractivity contribution in [1.29, 1.82) is 0 Å². The Bertz CT molecular complexity index is 527. The Balaban J connectivity index is 1.98. The largest absolute Gasteiger partial charge is 0.377 e. The lowest BCUT2D eigenvalue weighted by Crippen LogP contribution is -2.38. The number of hydrogen-bond donors (Lipinski definition) is 2. The highest BCUT2D eigenvalue weighted by Crippen LogP contribution is 2.23. The van der Waals surface area contributed by atoms with Crippen molar-refractivity contribution in [3.05, 3.63) is 17.0 Å². The molecule has 1 saturated heterocycles. The van der Waals surface area contributed by atoms with Crippen LogP contribution in [0.15, 0.2) is 16.3 Å². The van der Waals surface area contributed by atoms with Crippen molar-refractivity contribution in [2.45, 2.75) is 49.6 Å². The molecule has 114 valence electrons. The first-order valence-corrected chi connectivity index (χ1v) is 9.26. The van der Waals surface area contributed by atoms with Gasteiger partial charge in [-0.2, -0.15) is 0 Å². The van der Waals surface area contributed by atoms with Crippen molar-refractivity contribution in [3.8, 4) is 0 Å². The molecule has 0 aromatic carbocycles. The fraction of sp³-hybridized carbons (Fsp3) is 0.692. The summed E-state index contributed by atoms with van der Waals surface area (Å²) in [5.74, 6) is 0. The number of sulfonamides is 1. The van der Waals surface area contributed by atoms with E-state index in [2.05, 4.69) is 17.0 Å². The molecule has 0 aliphatic carbocycles. The molecule has 2 heterocycles. The Kier molecular flexibility index (Phi) is 5.57. The van der Waals surface area contributed by atoms with Crippen molar-refractivity contribution < 1.29 is 13.2 Å². The van der Waals surface area contributed by atoms with Crippen LogP contribution in [0.2, 0.25) is 0 Å². The van der Waals surface area contributed by atoms with Gasteiger partial charge in [0, 0.05) is 18.0 Å². The molecule has 2 unspecified atom stereocenters.